The Labute approximate surface area is 154 Å². The number of carbonyl (C=O) groups is 1. The number of aryl methyl sites for hydroxylation is 1. The van der Waals surface area contributed by atoms with E-state index in [0.717, 1.165) is 42.8 Å². The molecule has 1 aromatic heterocycles. The number of rotatable bonds is 5. The molecule has 1 aromatic carbocycles. The molecule has 140 valence electrons. The maximum atomic E-state index is 12.3. The Morgan fingerprint density at radius 2 is 1.96 bits per heavy atom. The summed E-state index contributed by atoms with van der Waals surface area (Å²) in [5.41, 5.74) is 3.10. The van der Waals surface area contributed by atoms with Crippen LogP contribution in [0.2, 0.25) is 0 Å². The lowest BCUT2D eigenvalue weighted by atomic mass is 10.0. The summed E-state index contributed by atoms with van der Waals surface area (Å²) >= 11 is 1.19. The second-order valence-corrected chi connectivity index (χ2v) is 7.57. The Kier molecular flexibility index (Phi) is 5.60. The van der Waals surface area contributed by atoms with Gasteiger partial charge in [-0.25, -0.2) is 4.98 Å². The Bertz CT molecular complexity index is 774. The second kappa shape index (κ2) is 7.73. The fourth-order valence-corrected chi connectivity index (χ4v) is 3.97. The maximum Gasteiger partial charge on any atom is 0.405 e. The van der Waals surface area contributed by atoms with Crippen LogP contribution in [0.3, 0.4) is 0 Å². The van der Waals surface area contributed by atoms with Crippen LogP contribution in [-0.4, -0.2) is 33.4 Å². The smallest absolute Gasteiger partial charge is 0.346 e. The molecule has 4 nitrogen and oxygen atoms in total. The topological polar surface area (TPSA) is 46.9 Å². The minimum absolute atomic E-state index is 0.645. The predicted octanol–water partition coefficient (Wildman–Crippen LogP) is 3.91. The van der Waals surface area contributed by atoms with Crippen LogP contribution in [0.15, 0.2) is 35.5 Å². The number of amides is 1. The van der Waals surface area contributed by atoms with Gasteiger partial charge < -0.3 is 5.32 Å². The number of benzene rings is 1. The SMILES string of the molecule is CC(Sc1nc2c(n1-c1ccccc1)CCCC2)C(=O)NCC(F)(F)F. The zero-order valence-electron chi connectivity index (χ0n) is 14.3. The summed E-state index contributed by atoms with van der Waals surface area (Å²) in [5.74, 6) is -0.645. The molecular weight excluding hydrogens is 363 g/mol. The number of hydrogen-bond donors (Lipinski definition) is 1. The number of alkyl halides is 3. The van der Waals surface area contributed by atoms with Gasteiger partial charge in [0.1, 0.15) is 6.54 Å². The first-order valence-electron chi connectivity index (χ1n) is 8.52. The molecule has 0 saturated carbocycles. The largest absolute Gasteiger partial charge is 0.405 e. The summed E-state index contributed by atoms with van der Waals surface area (Å²) in [6.45, 7) is 0.278. The van der Waals surface area contributed by atoms with Crippen molar-refractivity contribution in [1.29, 1.82) is 0 Å². The van der Waals surface area contributed by atoms with Crippen LogP contribution in [0.1, 0.15) is 31.2 Å². The van der Waals surface area contributed by atoms with Gasteiger partial charge in [0, 0.05) is 11.4 Å². The van der Waals surface area contributed by atoms with Gasteiger partial charge in [0.2, 0.25) is 5.91 Å². The standard InChI is InChI=1S/C18H20F3N3OS/c1-12(16(25)22-11-18(19,20)21)26-17-23-14-9-5-6-10-15(14)24(17)13-7-3-2-4-8-13/h2-4,7-8,12H,5-6,9-11H2,1H3,(H,22,25). The number of carbonyl (C=O) groups excluding carboxylic acids is 1. The lowest BCUT2D eigenvalue weighted by Gasteiger charge is -2.16. The van der Waals surface area contributed by atoms with Gasteiger partial charge in [0.25, 0.3) is 0 Å². The van der Waals surface area contributed by atoms with Gasteiger partial charge in [0.05, 0.1) is 10.9 Å². The molecule has 1 unspecified atom stereocenters. The molecular formula is C18H20F3N3OS. The van der Waals surface area contributed by atoms with Gasteiger partial charge >= 0.3 is 6.18 Å². The first-order chi connectivity index (χ1) is 12.3. The maximum absolute atomic E-state index is 12.3. The highest BCUT2D eigenvalue weighted by Gasteiger charge is 2.30. The third-order valence-corrected chi connectivity index (χ3v) is 5.28. The minimum Gasteiger partial charge on any atom is -0.346 e. The number of imidazole rings is 1. The number of aromatic nitrogens is 2. The van der Waals surface area contributed by atoms with Crippen LogP contribution < -0.4 is 5.32 Å². The highest BCUT2D eigenvalue weighted by atomic mass is 32.2. The van der Waals surface area contributed by atoms with Crippen molar-refractivity contribution in [3.63, 3.8) is 0 Å². The van der Waals surface area contributed by atoms with Crippen molar-refractivity contribution >= 4 is 17.7 Å². The minimum atomic E-state index is -4.42. The lowest BCUT2D eigenvalue weighted by Crippen LogP contribution is -2.38. The zero-order chi connectivity index (χ0) is 18.7. The van der Waals surface area contributed by atoms with E-state index in [4.69, 9.17) is 0 Å². The fraction of sp³-hybridized carbons (Fsp3) is 0.444. The summed E-state index contributed by atoms with van der Waals surface area (Å²) in [6.07, 6.45) is -0.465. The van der Waals surface area contributed by atoms with Crippen molar-refractivity contribution in [2.24, 2.45) is 0 Å². The highest BCUT2D eigenvalue weighted by molar-refractivity contribution is 8.00. The van der Waals surface area contributed by atoms with Crippen molar-refractivity contribution in [2.75, 3.05) is 6.54 Å². The first-order valence-corrected chi connectivity index (χ1v) is 9.40. The number of halogens is 3. The van der Waals surface area contributed by atoms with Gasteiger partial charge in [-0.3, -0.25) is 9.36 Å². The summed E-state index contributed by atoms with van der Waals surface area (Å²) in [6, 6.07) is 9.72. The number of para-hydroxylation sites is 1. The predicted molar refractivity (Wildman–Crippen MR) is 94.6 cm³/mol. The molecule has 26 heavy (non-hydrogen) atoms. The van der Waals surface area contributed by atoms with Gasteiger partial charge in [-0.05, 0) is 44.7 Å². The van der Waals surface area contributed by atoms with E-state index in [1.807, 2.05) is 40.2 Å². The monoisotopic (exact) mass is 383 g/mol. The average molecular weight is 383 g/mol. The number of thioether (sulfide) groups is 1. The lowest BCUT2D eigenvalue weighted by molar-refractivity contribution is -0.137. The van der Waals surface area contributed by atoms with Crippen LogP contribution in [0.25, 0.3) is 5.69 Å². The molecule has 2 aromatic rings. The third-order valence-electron chi connectivity index (χ3n) is 4.23. The van der Waals surface area contributed by atoms with Crippen LogP contribution in [0, 0.1) is 0 Å². The summed E-state index contributed by atoms with van der Waals surface area (Å²) in [5, 5.41) is 1.92. The molecule has 0 saturated heterocycles. The van der Waals surface area contributed by atoms with E-state index in [2.05, 4.69) is 4.98 Å². The molecule has 1 atom stereocenters. The normalized spacial score (nSPS) is 15.4. The molecule has 0 spiro atoms. The third kappa shape index (κ3) is 4.41. The van der Waals surface area contributed by atoms with E-state index in [9.17, 15) is 18.0 Å². The second-order valence-electron chi connectivity index (χ2n) is 6.26. The molecule has 8 heteroatoms. The van der Waals surface area contributed by atoms with Crippen LogP contribution in [-0.2, 0) is 17.6 Å². The quantitative estimate of drug-likeness (QED) is 0.797. The number of hydrogen-bond acceptors (Lipinski definition) is 3. The van der Waals surface area contributed by atoms with Crippen LogP contribution in [0.4, 0.5) is 13.2 Å². The zero-order valence-corrected chi connectivity index (χ0v) is 15.2. The molecule has 1 heterocycles. The van der Waals surface area contributed by atoms with Crippen molar-refractivity contribution in [1.82, 2.24) is 14.9 Å². The average Bonchev–Trinajstić information content (AvgIpc) is 2.97. The van der Waals surface area contributed by atoms with Crippen molar-refractivity contribution in [3.8, 4) is 5.69 Å². The number of nitrogens with one attached hydrogen (secondary N) is 1. The molecule has 0 fully saturated rings. The van der Waals surface area contributed by atoms with E-state index in [1.54, 1.807) is 6.92 Å². The molecule has 1 aliphatic carbocycles. The van der Waals surface area contributed by atoms with Gasteiger partial charge in [0.15, 0.2) is 5.16 Å². The first kappa shape index (κ1) is 18.8. The Hall–Kier alpha value is -1.96. The van der Waals surface area contributed by atoms with E-state index in [1.165, 1.54) is 11.8 Å². The molecule has 0 bridgehead atoms. The van der Waals surface area contributed by atoms with Crippen LogP contribution >= 0.6 is 11.8 Å². The fourth-order valence-electron chi connectivity index (χ4n) is 2.98. The molecule has 1 N–H and O–H groups in total. The van der Waals surface area contributed by atoms with Gasteiger partial charge in [-0.15, -0.1) is 0 Å². The summed E-state index contributed by atoms with van der Waals surface area (Å²) in [4.78, 5) is 16.7. The van der Waals surface area contributed by atoms with Gasteiger partial charge in [-0.1, -0.05) is 30.0 Å². The van der Waals surface area contributed by atoms with E-state index in [0.29, 0.717) is 5.16 Å². The number of nitrogens with zero attached hydrogens (tertiary/aromatic N) is 2. The van der Waals surface area contributed by atoms with E-state index < -0.39 is 23.9 Å². The molecule has 3 rings (SSSR count). The van der Waals surface area contributed by atoms with Crippen molar-refractivity contribution in [2.45, 2.75) is 49.2 Å². The van der Waals surface area contributed by atoms with Gasteiger partial charge in [-0.2, -0.15) is 13.2 Å². The molecule has 0 aliphatic heterocycles. The molecule has 0 radical (unpaired) electrons. The summed E-state index contributed by atoms with van der Waals surface area (Å²) < 4.78 is 39.0. The van der Waals surface area contributed by atoms with Crippen molar-refractivity contribution in [3.05, 3.63) is 41.7 Å². The molecule has 1 aliphatic rings. The van der Waals surface area contributed by atoms with Crippen molar-refractivity contribution < 1.29 is 18.0 Å². The Balaban J connectivity index is 1.83. The number of fused-ring (bicyclic) bond motifs is 1. The van der Waals surface area contributed by atoms with E-state index in [-0.39, 0.29) is 0 Å². The van der Waals surface area contributed by atoms with E-state index >= 15 is 0 Å². The van der Waals surface area contributed by atoms with Crippen LogP contribution in [0.5, 0.6) is 0 Å². The molecule has 1 amide bonds. The Morgan fingerprint density at radius 1 is 1.27 bits per heavy atom. The Morgan fingerprint density at radius 3 is 2.65 bits per heavy atom. The summed E-state index contributed by atoms with van der Waals surface area (Å²) in [7, 11) is 0. The highest BCUT2D eigenvalue weighted by Crippen LogP contribution is 2.32.